The van der Waals surface area contributed by atoms with Gasteiger partial charge in [-0.15, -0.1) is 0 Å². The lowest BCUT2D eigenvalue weighted by Crippen LogP contribution is -2.15. The van der Waals surface area contributed by atoms with Crippen LogP contribution in [-0.2, 0) is 6.42 Å². The number of hydrogen-bond donors (Lipinski definition) is 1. The quantitative estimate of drug-likeness (QED) is 0.849. The Morgan fingerprint density at radius 2 is 2.12 bits per heavy atom. The molecule has 1 aromatic carbocycles. The van der Waals surface area contributed by atoms with E-state index in [1.807, 2.05) is 29.9 Å². The van der Waals surface area contributed by atoms with E-state index < -0.39 is 0 Å². The Balaban J connectivity index is 2.24. The summed E-state index contributed by atoms with van der Waals surface area (Å²) in [7, 11) is 0. The fourth-order valence-corrected chi connectivity index (χ4v) is 1.74. The van der Waals surface area contributed by atoms with Gasteiger partial charge in [0.05, 0.1) is 5.69 Å². The van der Waals surface area contributed by atoms with Gasteiger partial charge in [-0.05, 0) is 37.5 Å². The van der Waals surface area contributed by atoms with Crippen molar-refractivity contribution in [2.45, 2.75) is 25.8 Å². The predicted octanol–water partition coefficient (Wildman–Crippen LogP) is 2.15. The standard InChI is InChI=1S/C13H17N3/c1-11(14)7-8-12-5-2-3-6-13(12)16-10-4-9-15-16/h2-6,9-11H,7-8,14H2,1H3. The summed E-state index contributed by atoms with van der Waals surface area (Å²) in [6.07, 6.45) is 5.75. The molecule has 84 valence electrons. The average Bonchev–Trinajstić information content (AvgIpc) is 2.80. The molecule has 2 N–H and O–H groups in total. The highest BCUT2D eigenvalue weighted by atomic mass is 15.3. The molecule has 2 rings (SSSR count). The maximum Gasteiger partial charge on any atom is 0.0677 e. The third kappa shape index (κ3) is 2.49. The predicted molar refractivity (Wildman–Crippen MR) is 65.5 cm³/mol. The molecule has 0 bridgehead atoms. The average molecular weight is 215 g/mol. The molecule has 0 saturated carbocycles. The summed E-state index contributed by atoms with van der Waals surface area (Å²) in [6.45, 7) is 2.04. The number of nitrogens with zero attached hydrogens (tertiary/aromatic N) is 2. The molecule has 0 saturated heterocycles. The van der Waals surface area contributed by atoms with Gasteiger partial charge in [0.25, 0.3) is 0 Å². The van der Waals surface area contributed by atoms with E-state index in [2.05, 4.69) is 23.3 Å². The minimum atomic E-state index is 0.241. The molecule has 1 unspecified atom stereocenters. The molecule has 0 radical (unpaired) electrons. The van der Waals surface area contributed by atoms with Gasteiger partial charge < -0.3 is 5.73 Å². The maximum atomic E-state index is 5.79. The van der Waals surface area contributed by atoms with Gasteiger partial charge in [0.15, 0.2) is 0 Å². The lowest BCUT2D eigenvalue weighted by atomic mass is 10.0. The van der Waals surface area contributed by atoms with E-state index in [0.717, 1.165) is 18.5 Å². The molecule has 1 heterocycles. The Morgan fingerprint density at radius 3 is 2.81 bits per heavy atom. The van der Waals surface area contributed by atoms with Gasteiger partial charge in [-0.2, -0.15) is 5.10 Å². The SMILES string of the molecule is CC(N)CCc1ccccc1-n1cccn1. The van der Waals surface area contributed by atoms with Crippen LogP contribution in [0.1, 0.15) is 18.9 Å². The van der Waals surface area contributed by atoms with Crippen LogP contribution < -0.4 is 5.73 Å². The van der Waals surface area contributed by atoms with Crippen LogP contribution in [0.2, 0.25) is 0 Å². The van der Waals surface area contributed by atoms with Crippen molar-refractivity contribution in [3.63, 3.8) is 0 Å². The molecule has 2 aromatic rings. The van der Waals surface area contributed by atoms with Crippen molar-refractivity contribution in [1.82, 2.24) is 9.78 Å². The fourth-order valence-electron chi connectivity index (χ4n) is 1.74. The van der Waals surface area contributed by atoms with Crippen molar-refractivity contribution >= 4 is 0 Å². The molecule has 1 aromatic heterocycles. The van der Waals surface area contributed by atoms with Crippen molar-refractivity contribution in [3.8, 4) is 5.69 Å². The van der Waals surface area contributed by atoms with Crippen LogP contribution in [0.4, 0.5) is 0 Å². The number of aryl methyl sites for hydroxylation is 1. The third-order valence-corrected chi connectivity index (χ3v) is 2.61. The Labute approximate surface area is 95.9 Å². The molecular weight excluding hydrogens is 198 g/mol. The smallest absolute Gasteiger partial charge is 0.0677 e. The van der Waals surface area contributed by atoms with Crippen molar-refractivity contribution in [2.75, 3.05) is 0 Å². The van der Waals surface area contributed by atoms with E-state index >= 15 is 0 Å². The van der Waals surface area contributed by atoms with E-state index in [1.165, 1.54) is 5.56 Å². The molecule has 0 amide bonds. The lowest BCUT2D eigenvalue weighted by Gasteiger charge is -2.10. The number of aromatic nitrogens is 2. The van der Waals surface area contributed by atoms with Crippen molar-refractivity contribution in [1.29, 1.82) is 0 Å². The Kier molecular flexibility index (Phi) is 3.37. The van der Waals surface area contributed by atoms with E-state index in [1.54, 1.807) is 6.20 Å². The van der Waals surface area contributed by atoms with Gasteiger partial charge in [0.1, 0.15) is 0 Å². The highest BCUT2D eigenvalue weighted by Crippen LogP contribution is 2.15. The van der Waals surface area contributed by atoms with Gasteiger partial charge in [-0.1, -0.05) is 18.2 Å². The Morgan fingerprint density at radius 1 is 1.31 bits per heavy atom. The van der Waals surface area contributed by atoms with Crippen molar-refractivity contribution in [3.05, 3.63) is 48.3 Å². The van der Waals surface area contributed by atoms with E-state index in [9.17, 15) is 0 Å². The minimum Gasteiger partial charge on any atom is -0.328 e. The van der Waals surface area contributed by atoms with Gasteiger partial charge >= 0.3 is 0 Å². The second kappa shape index (κ2) is 4.94. The monoisotopic (exact) mass is 215 g/mol. The van der Waals surface area contributed by atoms with Crippen LogP contribution in [0.3, 0.4) is 0 Å². The van der Waals surface area contributed by atoms with Crippen LogP contribution in [0, 0.1) is 0 Å². The number of nitrogens with two attached hydrogens (primary N) is 1. The number of benzene rings is 1. The third-order valence-electron chi connectivity index (χ3n) is 2.61. The summed E-state index contributed by atoms with van der Waals surface area (Å²) in [5, 5.41) is 4.26. The summed E-state index contributed by atoms with van der Waals surface area (Å²) in [4.78, 5) is 0. The molecule has 0 fully saturated rings. The van der Waals surface area contributed by atoms with Crippen molar-refractivity contribution in [2.24, 2.45) is 5.73 Å². The maximum absolute atomic E-state index is 5.79. The molecule has 16 heavy (non-hydrogen) atoms. The fraction of sp³-hybridized carbons (Fsp3) is 0.308. The zero-order valence-electron chi connectivity index (χ0n) is 9.50. The van der Waals surface area contributed by atoms with Crippen LogP contribution in [0.25, 0.3) is 5.69 Å². The largest absolute Gasteiger partial charge is 0.328 e. The Hall–Kier alpha value is -1.61. The molecule has 3 nitrogen and oxygen atoms in total. The number of hydrogen-bond acceptors (Lipinski definition) is 2. The molecule has 0 aliphatic heterocycles. The highest BCUT2D eigenvalue weighted by Gasteiger charge is 2.04. The summed E-state index contributed by atoms with van der Waals surface area (Å²) in [5.74, 6) is 0. The summed E-state index contributed by atoms with van der Waals surface area (Å²) in [6, 6.07) is 10.5. The van der Waals surface area contributed by atoms with Crippen LogP contribution in [-0.4, -0.2) is 15.8 Å². The van der Waals surface area contributed by atoms with Crippen LogP contribution in [0.5, 0.6) is 0 Å². The topological polar surface area (TPSA) is 43.8 Å². The number of para-hydroxylation sites is 1. The Bertz CT molecular complexity index is 432. The molecule has 3 heteroatoms. The summed E-state index contributed by atoms with van der Waals surface area (Å²) >= 11 is 0. The van der Waals surface area contributed by atoms with E-state index in [0.29, 0.717) is 0 Å². The lowest BCUT2D eigenvalue weighted by molar-refractivity contribution is 0.662. The zero-order chi connectivity index (χ0) is 11.4. The summed E-state index contributed by atoms with van der Waals surface area (Å²) in [5.41, 5.74) is 8.23. The zero-order valence-corrected chi connectivity index (χ0v) is 9.50. The first-order valence-corrected chi connectivity index (χ1v) is 5.61. The van der Waals surface area contributed by atoms with Gasteiger partial charge in [-0.25, -0.2) is 4.68 Å². The second-order valence-corrected chi connectivity index (χ2v) is 4.10. The second-order valence-electron chi connectivity index (χ2n) is 4.10. The highest BCUT2D eigenvalue weighted by molar-refractivity contribution is 5.40. The van der Waals surface area contributed by atoms with Gasteiger partial charge in [0.2, 0.25) is 0 Å². The molecule has 0 aliphatic carbocycles. The van der Waals surface area contributed by atoms with Gasteiger partial charge in [-0.3, -0.25) is 0 Å². The van der Waals surface area contributed by atoms with Gasteiger partial charge in [0, 0.05) is 18.4 Å². The molecule has 0 aliphatic rings. The molecular formula is C13H17N3. The van der Waals surface area contributed by atoms with Crippen molar-refractivity contribution < 1.29 is 0 Å². The number of rotatable bonds is 4. The normalized spacial score (nSPS) is 12.6. The molecule has 0 spiro atoms. The van der Waals surface area contributed by atoms with E-state index in [-0.39, 0.29) is 6.04 Å². The first-order chi connectivity index (χ1) is 7.77. The first-order valence-electron chi connectivity index (χ1n) is 5.61. The molecule has 1 atom stereocenters. The van der Waals surface area contributed by atoms with E-state index in [4.69, 9.17) is 5.73 Å². The summed E-state index contributed by atoms with van der Waals surface area (Å²) < 4.78 is 1.90. The van der Waals surface area contributed by atoms with Crippen LogP contribution in [0.15, 0.2) is 42.7 Å². The first kappa shape index (κ1) is 10.9. The van der Waals surface area contributed by atoms with Crippen LogP contribution >= 0.6 is 0 Å². The minimum absolute atomic E-state index is 0.241.